The van der Waals surface area contributed by atoms with Crippen LogP contribution in [0.2, 0.25) is 0 Å². The monoisotopic (exact) mass is 220 g/mol. The maximum absolute atomic E-state index is 5.45. The fourth-order valence-corrected chi connectivity index (χ4v) is 1.86. The van der Waals surface area contributed by atoms with Crippen LogP contribution in [0.1, 0.15) is 36.8 Å². The molecule has 1 aromatic rings. The molecule has 0 unspecified atom stereocenters. The van der Waals surface area contributed by atoms with Crippen LogP contribution < -0.4 is 11.1 Å². The van der Waals surface area contributed by atoms with Crippen LogP contribution in [0.5, 0.6) is 0 Å². The number of hydrogen-bond donors (Lipinski definition) is 2. The van der Waals surface area contributed by atoms with Crippen molar-refractivity contribution in [2.45, 2.75) is 39.5 Å². The average Bonchev–Trinajstić information content (AvgIpc) is 2.26. The smallest absolute Gasteiger partial charge is 0.0370 e. The minimum Gasteiger partial charge on any atom is -0.385 e. The van der Waals surface area contributed by atoms with Gasteiger partial charge in [-0.1, -0.05) is 30.5 Å². The van der Waals surface area contributed by atoms with Gasteiger partial charge in [0, 0.05) is 12.2 Å². The van der Waals surface area contributed by atoms with Gasteiger partial charge in [0.2, 0.25) is 0 Å². The van der Waals surface area contributed by atoms with Crippen molar-refractivity contribution in [2.75, 3.05) is 18.4 Å². The Morgan fingerprint density at radius 2 is 1.81 bits per heavy atom. The van der Waals surface area contributed by atoms with E-state index < -0.39 is 0 Å². The molecule has 0 aliphatic carbocycles. The van der Waals surface area contributed by atoms with Gasteiger partial charge in [0.15, 0.2) is 0 Å². The number of unbranched alkanes of at least 4 members (excludes halogenated alkanes) is 3. The van der Waals surface area contributed by atoms with E-state index in [1.807, 2.05) is 0 Å². The molecule has 3 N–H and O–H groups in total. The number of anilines is 1. The molecule has 0 saturated heterocycles. The Hall–Kier alpha value is -1.02. The van der Waals surface area contributed by atoms with Crippen molar-refractivity contribution >= 4 is 5.69 Å². The second kappa shape index (κ2) is 7.29. The van der Waals surface area contributed by atoms with E-state index in [4.69, 9.17) is 5.73 Å². The fraction of sp³-hybridized carbons (Fsp3) is 0.571. The zero-order chi connectivity index (χ0) is 11.8. The summed E-state index contributed by atoms with van der Waals surface area (Å²) in [6.07, 6.45) is 4.91. The minimum atomic E-state index is 0.824. The first-order valence-electron chi connectivity index (χ1n) is 6.25. The normalized spacial score (nSPS) is 10.4. The van der Waals surface area contributed by atoms with Gasteiger partial charge in [-0.15, -0.1) is 0 Å². The standard InChI is InChI=1S/C14H24N2/c1-12-7-8-14(13(2)11-12)16-10-6-4-3-5-9-15/h7-8,11,16H,3-6,9-10,15H2,1-2H3. The number of hydrogen-bond acceptors (Lipinski definition) is 2. The summed E-state index contributed by atoms with van der Waals surface area (Å²) in [7, 11) is 0. The number of nitrogens with one attached hydrogen (secondary N) is 1. The van der Waals surface area contributed by atoms with Gasteiger partial charge in [0.1, 0.15) is 0 Å². The topological polar surface area (TPSA) is 38.0 Å². The molecule has 16 heavy (non-hydrogen) atoms. The second-order valence-corrected chi connectivity index (χ2v) is 4.45. The van der Waals surface area contributed by atoms with Gasteiger partial charge < -0.3 is 11.1 Å². The zero-order valence-electron chi connectivity index (χ0n) is 10.6. The summed E-state index contributed by atoms with van der Waals surface area (Å²) in [6.45, 7) is 6.17. The molecule has 0 fully saturated rings. The number of nitrogens with two attached hydrogens (primary N) is 1. The maximum atomic E-state index is 5.45. The lowest BCUT2D eigenvalue weighted by atomic mass is 10.1. The molecule has 1 rings (SSSR count). The predicted octanol–water partition coefficient (Wildman–Crippen LogP) is 3.23. The van der Waals surface area contributed by atoms with E-state index in [1.54, 1.807) is 0 Å². The van der Waals surface area contributed by atoms with E-state index in [0.29, 0.717) is 0 Å². The Morgan fingerprint density at radius 3 is 2.50 bits per heavy atom. The van der Waals surface area contributed by atoms with Gasteiger partial charge in [-0.05, 0) is 44.9 Å². The summed E-state index contributed by atoms with van der Waals surface area (Å²) in [4.78, 5) is 0. The molecule has 0 bridgehead atoms. The van der Waals surface area contributed by atoms with Crippen molar-refractivity contribution in [1.29, 1.82) is 0 Å². The number of aryl methyl sites for hydroxylation is 2. The Morgan fingerprint density at radius 1 is 1.06 bits per heavy atom. The zero-order valence-corrected chi connectivity index (χ0v) is 10.6. The summed E-state index contributed by atoms with van der Waals surface area (Å²) in [5, 5.41) is 3.49. The first kappa shape index (κ1) is 13.0. The predicted molar refractivity (Wildman–Crippen MR) is 71.9 cm³/mol. The highest BCUT2D eigenvalue weighted by Crippen LogP contribution is 2.16. The minimum absolute atomic E-state index is 0.824. The summed E-state index contributed by atoms with van der Waals surface area (Å²) in [5.41, 5.74) is 9.38. The van der Waals surface area contributed by atoms with E-state index >= 15 is 0 Å². The summed E-state index contributed by atoms with van der Waals surface area (Å²) in [5.74, 6) is 0. The molecule has 90 valence electrons. The Labute approximate surface area is 99.2 Å². The average molecular weight is 220 g/mol. The van der Waals surface area contributed by atoms with E-state index in [9.17, 15) is 0 Å². The van der Waals surface area contributed by atoms with Crippen molar-refractivity contribution in [2.24, 2.45) is 5.73 Å². The van der Waals surface area contributed by atoms with E-state index in [1.165, 1.54) is 36.1 Å². The van der Waals surface area contributed by atoms with Crippen LogP contribution in [0, 0.1) is 13.8 Å². The first-order chi connectivity index (χ1) is 7.74. The van der Waals surface area contributed by atoms with E-state index in [2.05, 4.69) is 37.4 Å². The van der Waals surface area contributed by atoms with Crippen LogP contribution in [0.4, 0.5) is 5.69 Å². The van der Waals surface area contributed by atoms with Crippen LogP contribution in [-0.4, -0.2) is 13.1 Å². The summed E-state index contributed by atoms with van der Waals surface area (Å²) >= 11 is 0. The van der Waals surface area contributed by atoms with Crippen LogP contribution in [-0.2, 0) is 0 Å². The van der Waals surface area contributed by atoms with Crippen LogP contribution >= 0.6 is 0 Å². The largest absolute Gasteiger partial charge is 0.385 e. The number of benzene rings is 1. The van der Waals surface area contributed by atoms with Gasteiger partial charge in [-0.2, -0.15) is 0 Å². The van der Waals surface area contributed by atoms with Gasteiger partial charge in [0.05, 0.1) is 0 Å². The van der Waals surface area contributed by atoms with Gasteiger partial charge in [0.25, 0.3) is 0 Å². The van der Waals surface area contributed by atoms with Gasteiger partial charge in [-0.25, -0.2) is 0 Å². The molecular weight excluding hydrogens is 196 g/mol. The number of rotatable bonds is 7. The molecule has 0 aromatic heterocycles. The Bertz CT molecular complexity index is 308. The highest BCUT2D eigenvalue weighted by Gasteiger charge is 1.97. The molecule has 0 aliphatic rings. The SMILES string of the molecule is Cc1ccc(NCCCCCCN)c(C)c1. The Kier molecular flexibility index (Phi) is 5.94. The highest BCUT2D eigenvalue weighted by molar-refractivity contribution is 5.51. The van der Waals surface area contributed by atoms with Crippen molar-refractivity contribution in [3.05, 3.63) is 29.3 Å². The second-order valence-electron chi connectivity index (χ2n) is 4.45. The lowest BCUT2D eigenvalue weighted by Gasteiger charge is -2.09. The highest BCUT2D eigenvalue weighted by atomic mass is 14.9. The summed E-state index contributed by atoms with van der Waals surface area (Å²) < 4.78 is 0. The van der Waals surface area contributed by atoms with Crippen molar-refractivity contribution < 1.29 is 0 Å². The van der Waals surface area contributed by atoms with Gasteiger partial charge in [-0.3, -0.25) is 0 Å². The van der Waals surface area contributed by atoms with Gasteiger partial charge >= 0.3 is 0 Å². The molecule has 2 heteroatoms. The molecule has 2 nitrogen and oxygen atoms in total. The molecular formula is C14H24N2. The molecule has 0 spiro atoms. The van der Waals surface area contributed by atoms with Crippen molar-refractivity contribution in [1.82, 2.24) is 0 Å². The quantitative estimate of drug-likeness (QED) is 0.692. The summed E-state index contributed by atoms with van der Waals surface area (Å²) in [6, 6.07) is 6.55. The molecule has 0 heterocycles. The van der Waals surface area contributed by atoms with Crippen molar-refractivity contribution in [3.8, 4) is 0 Å². The maximum Gasteiger partial charge on any atom is 0.0370 e. The fourth-order valence-electron chi connectivity index (χ4n) is 1.86. The van der Waals surface area contributed by atoms with Crippen LogP contribution in [0.15, 0.2) is 18.2 Å². The van der Waals surface area contributed by atoms with E-state index in [-0.39, 0.29) is 0 Å². The third-order valence-corrected chi connectivity index (χ3v) is 2.83. The molecule has 0 atom stereocenters. The first-order valence-corrected chi connectivity index (χ1v) is 6.25. The van der Waals surface area contributed by atoms with Crippen LogP contribution in [0.3, 0.4) is 0 Å². The molecule has 1 aromatic carbocycles. The van der Waals surface area contributed by atoms with Crippen molar-refractivity contribution in [3.63, 3.8) is 0 Å². The lowest BCUT2D eigenvalue weighted by Crippen LogP contribution is -2.04. The molecule has 0 aliphatic heterocycles. The molecule has 0 amide bonds. The third kappa shape index (κ3) is 4.67. The molecule has 0 radical (unpaired) electrons. The Balaban J connectivity index is 2.21. The molecule has 0 saturated carbocycles. The lowest BCUT2D eigenvalue weighted by molar-refractivity contribution is 0.661. The third-order valence-electron chi connectivity index (χ3n) is 2.83. The van der Waals surface area contributed by atoms with Crippen LogP contribution in [0.25, 0.3) is 0 Å². The van der Waals surface area contributed by atoms with E-state index in [0.717, 1.165) is 19.5 Å².